The minimum Gasteiger partial charge on any atom is -0.462 e. The molecule has 0 bridgehead atoms. The number of nitrogens with two attached hydrogens (primary N) is 1. The lowest BCUT2D eigenvalue weighted by molar-refractivity contribution is 0.0526. The van der Waals surface area contributed by atoms with Crippen LogP contribution < -0.4 is 5.73 Å². The molecule has 0 saturated carbocycles. The van der Waals surface area contributed by atoms with Crippen molar-refractivity contribution in [1.82, 2.24) is 4.98 Å². The monoisotopic (exact) mass is 244 g/mol. The maximum absolute atomic E-state index is 11.3. The number of hydrogen-bond acceptors (Lipinski definition) is 4. The molecule has 0 aliphatic carbocycles. The second kappa shape index (κ2) is 4.23. The van der Waals surface area contributed by atoms with E-state index in [-0.39, 0.29) is 11.4 Å². The number of halogens is 1. The van der Waals surface area contributed by atoms with Crippen LogP contribution in [0, 0.1) is 0 Å². The molecule has 4 nitrogen and oxygen atoms in total. The third-order valence-electron chi connectivity index (χ3n) is 1.41. The average Bonchev–Trinajstić information content (AvgIpc) is 2.04. The number of pyridine rings is 1. The lowest BCUT2D eigenvalue weighted by atomic mass is 10.2. The fourth-order valence-electron chi connectivity index (χ4n) is 0.859. The van der Waals surface area contributed by atoms with Crippen LogP contribution in [0.3, 0.4) is 0 Å². The van der Waals surface area contributed by atoms with Crippen LogP contribution in [0.2, 0.25) is 0 Å². The van der Waals surface area contributed by atoms with E-state index in [1.54, 1.807) is 13.0 Å². The van der Waals surface area contributed by atoms with Crippen molar-refractivity contribution >= 4 is 27.7 Å². The molecule has 5 heteroatoms. The van der Waals surface area contributed by atoms with E-state index in [1.165, 1.54) is 6.20 Å². The summed E-state index contributed by atoms with van der Waals surface area (Å²) in [7, 11) is 0. The number of ether oxygens (including phenoxy) is 1. The van der Waals surface area contributed by atoms with Crippen molar-refractivity contribution in [3.63, 3.8) is 0 Å². The number of carbonyl (C=O) groups excluding carboxylic acids is 1. The Labute approximate surface area is 84.2 Å². The van der Waals surface area contributed by atoms with Crippen molar-refractivity contribution in [3.8, 4) is 0 Å². The van der Waals surface area contributed by atoms with Crippen LogP contribution in [0.15, 0.2) is 16.7 Å². The fourth-order valence-corrected chi connectivity index (χ4v) is 1.34. The molecule has 0 saturated heterocycles. The largest absolute Gasteiger partial charge is 0.462 e. The first-order chi connectivity index (χ1) is 6.16. The first-order valence-corrected chi connectivity index (χ1v) is 4.53. The molecule has 1 aromatic rings. The van der Waals surface area contributed by atoms with Gasteiger partial charge in [0.25, 0.3) is 0 Å². The highest BCUT2D eigenvalue weighted by atomic mass is 79.9. The van der Waals surface area contributed by atoms with Gasteiger partial charge in [-0.25, -0.2) is 9.78 Å². The average molecular weight is 245 g/mol. The lowest BCUT2D eigenvalue weighted by Crippen LogP contribution is -2.09. The summed E-state index contributed by atoms with van der Waals surface area (Å²) in [6.45, 7) is 2.05. The van der Waals surface area contributed by atoms with Crippen molar-refractivity contribution in [2.24, 2.45) is 0 Å². The van der Waals surface area contributed by atoms with E-state index >= 15 is 0 Å². The van der Waals surface area contributed by atoms with E-state index in [0.717, 1.165) is 0 Å². The molecule has 1 aromatic heterocycles. The Kier molecular flexibility index (Phi) is 3.25. The van der Waals surface area contributed by atoms with Crippen molar-refractivity contribution in [2.45, 2.75) is 6.92 Å². The first kappa shape index (κ1) is 9.98. The molecule has 70 valence electrons. The van der Waals surface area contributed by atoms with Crippen LogP contribution in [-0.4, -0.2) is 17.6 Å². The number of nitrogen functional groups attached to an aromatic ring is 1. The number of rotatable bonds is 2. The number of hydrogen-bond donors (Lipinski definition) is 1. The van der Waals surface area contributed by atoms with Gasteiger partial charge in [0.2, 0.25) is 0 Å². The summed E-state index contributed by atoms with van der Waals surface area (Å²) in [6.07, 6.45) is 1.52. The molecule has 0 amide bonds. The summed E-state index contributed by atoms with van der Waals surface area (Å²) in [6, 6.07) is 1.64. The molecule has 0 radical (unpaired) electrons. The molecule has 0 fully saturated rings. The predicted octanol–water partition coefficient (Wildman–Crippen LogP) is 1.60. The van der Waals surface area contributed by atoms with Crippen LogP contribution >= 0.6 is 15.9 Å². The molecule has 0 unspecified atom stereocenters. The van der Waals surface area contributed by atoms with E-state index in [4.69, 9.17) is 10.5 Å². The van der Waals surface area contributed by atoms with E-state index < -0.39 is 5.97 Å². The van der Waals surface area contributed by atoms with Crippen LogP contribution in [0.25, 0.3) is 0 Å². The van der Waals surface area contributed by atoms with Gasteiger partial charge in [0, 0.05) is 10.7 Å². The predicted molar refractivity (Wildman–Crippen MR) is 52.3 cm³/mol. The summed E-state index contributed by atoms with van der Waals surface area (Å²) in [5.41, 5.74) is 5.79. The highest BCUT2D eigenvalue weighted by Crippen LogP contribution is 2.20. The van der Waals surface area contributed by atoms with Gasteiger partial charge in [-0.15, -0.1) is 0 Å². The minimum absolute atomic E-state index is 0.174. The molecular formula is C8H9BrN2O2. The van der Waals surface area contributed by atoms with Gasteiger partial charge in [-0.3, -0.25) is 0 Å². The van der Waals surface area contributed by atoms with Gasteiger partial charge in [0.05, 0.1) is 6.61 Å². The SMILES string of the molecule is CCOC(=O)c1c(Br)ccnc1N. The Balaban J connectivity index is 3.05. The van der Waals surface area contributed by atoms with E-state index in [9.17, 15) is 4.79 Å². The fraction of sp³-hybridized carbons (Fsp3) is 0.250. The lowest BCUT2D eigenvalue weighted by Gasteiger charge is -2.05. The Bertz CT molecular complexity index is 308. The number of esters is 1. The standard InChI is InChI=1S/C8H9BrN2O2/c1-2-13-8(12)6-5(9)3-4-11-7(6)10/h3-4H,2H2,1H3,(H2,10,11). The quantitative estimate of drug-likeness (QED) is 0.803. The van der Waals surface area contributed by atoms with Crippen molar-refractivity contribution in [3.05, 3.63) is 22.3 Å². The van der Waals surface area contributed by atoms with Crippen molar-refractivity contribution in [2.75, 3.05) is 12.3 Å². The number of anilines is 1. The zero-order valence-electron chi connectivity index (χ0n) is 7.08. The van der Waals surface area contributed by atoms with Gasteiger partial charge in [-0.05, 0) is 28.9 Å². The Morgan fingerprint density at radius 3 is 3.00 bits per heavy atom. The Hall–Kier alpha value is -1.10. The normalized spacial score (nSPS) is 9.69. The molecule has 0 aliphatic heterocycles. The van der Waals surface area contributed by atoms with Gasteiger partial charge in [-0.1, -0.05) is 0 Å². The summed E-state index contributed by atoms with van der Waals surface area (Å²) < 4.78 is 5.40. The number of aromatic nitrogens is 1. The van der Waals surface area contributed by atoms with Gasteiger partial charge >= 0.3 is 5.97 Å². The molecule has 1 heterocycles. The topological polar surface area (TPSA) is 65.2 Å². The smallest absolute Gasteiger partial charge is 0.343 e. The van der Waals surface area contributed by atoms with Gasteiger partial charge < -0.3 is 10.5 Å². The molecule has 1 rings (SSSR count). The molecule has 2 N–H and O–H groups in total. The summed E-state index contributed by atoms with van der Waals surface area (Å²) in [4.78, 5) is 15.1. The van der Waals surface area contributed by atoms with Gasteiger partial charge in [-0.2, -0.15) is 0 Å². The summed E-state index contributed by atoms with van der Waals surface area (Å²) in [5.74, 6) is -0.284. The van der Waals surface area contributed by atoms with Gasteiger partial charge in [0.15, 0.2) is 0 Å². The second-order valence-electron chi connectivity index (χ2n) is 2.27. The van der Waals surface area contributed by atoms with Crippen molar-refractivity contribution in [1.29, 1.82) is 0 Å². The zero-order chi connectivity index (χ0) is 9.84. The van der Waals surface area contributed by atoms with Crippen LogP contribution in [-0.2, 0) is 4.74 Å². The molecular weight excluding hydrogens is 236 g/mol. The molecule has 0 spiro atoms. The second-order valence-corrected chi connectivity index (χ2v) is 3.13. The Morgan fingerprint density at radius 1 is 1.77 bits per heavy atom. The van der Waals surface area contributed by atoms with Crippen molar-refractivity contribution < 1.29 is 9.53 Å². The van der Waals surface area contributed by atoms with Crippen LogP contribution in [0.1, 0.15) is 17.3 Å². The van der Waals surface area contributed by atoms with E-state index in [2.05, 4.69) is 20.9 Å². The summed E-state index contributed by atoms with van der Waals surface area (Å²) in [5, 5.41) is 0. The Morgan fingerprint density at radius 2 is 2.46 bits per heavy atom. The third kappa shape index (κ3) is 2.18. The van der Waals surface area contributed by atoms with Crippen LogP contribution in [0.5, 0.6) is 0 Å². The molecule has 13 heavy (non-hydrogen) atoms. The highest BCUT2D eigenvalue weighted by molar-refractivity contribution is 9.10. The number of carbonyl (C=O) groups is 1. The molecule has 0 aliphatic rings. The molecule has 0 atom stereocenters. The number of nitrogens with zero attached hydrogens (tertiary/aromatic N) is 1. The van der Waals surface area contributed by atoms with Gasteiger partial charge in [0.1, 0.15) is 11.4 Å². The zero-order valence-corrected chi connectivity index (χ0v) is 8.67. The maximum Gasteiger partial charge on any atom is 0.343 e. The molecule has 0 aromatic carbocycles. The third-order valence-corrected chi connectivity index (χ3v) is 2.07. The van der Waals surface area contributed by atoms with Crippen LogP contribution in [0.4, 0.5) is 5.82 Å². The van der Waals surface area contributed by atoms with E-state index in [0.29, 0.717) is 11.1 Å². The van der Waals surface area contributed by atoms with E-state index in [1.807, 2.05) is 0 Å². The summed E-state index contributed by atoms with van der Waals surface area (Å²) >= 11 is 3.20. The minimum atomic E-state index is -0.458. The first-order valence-electron chi connectivity index (χ1n) is 3.74. The maximum atomic E-state index is 11.3. The highest BCUT2D eigenvalue weighted by Gasteiger charge is 2.15.